The van der Waals surface area contributed by atoms with E-state index < -0.39 is 0 Å². The van der Waals surface area contributed by atoms with E-state index in [2.05, 4.69) is 15.1 Å². The molecular weight excluding hydrogens is 316 g/mol. The number of hydrogen-bond acceptors (Lipinski definition) is 3. The van der Waals surface area contributed by atoms with Gasteiger partial charge in [-0.05, 0) is 56.4 Å². The molecule has 1 saturated carbocycles. The number of piperidine rings is 1. The fraction of sp³-hybridized carbons (Fsp3) is 0.737. The van der Waals surface area contributed by atoms with Crippen LogP contribution in [0.25, 0.3) is 0 Å². The molecule has 1 aliphatic carbocycles. The molecule has 2 amide bonds. The first-order valence-electron chi connectivity index (χ1n) is 9.71. The molecule has 1 atom stereocenters. The molecule has 2 saturated heterocycles. The van der Waals surface area contributed by atoms with Crippen molar-refractivity contribution in [3.05, 3.63) is 18.0 Å². The van der Waals surface area contributed by atoms with Crippen LogP contribution in [-0.4, -0.2) is 58.0 Å². The lowest BCUT2D eigenvalue weighted by Gasteiger charge is -2.39. The number of rotatable bonds is 6. The van der Waals surface area contributed by atoms with Crippen LogP contribution in [0.2, 0.25) is 0 Å². The van der Waals surface area contributed by atoms with Gasteiger partial charge < -0.3 is 9.80 Å². The summed E-state index contributed by atoms with van der Waals surface area (Å²) in [5, 5.41) is 6.73. The van der Waals surface area contributed by atoms with E-state index in [1.165, 1.54) is 12.8 Å². The molecule has 1 aromatic heterocycles. The average molecular weight is 344 g/mol. The third-order valence-corrected chi connectivity index (χ3v) is 6.12. The zero-order valence-corrected chi connectivity index (χ0v) is 14.9. The number of amides is 2. The summed E-state index contributed by atoms with van der Waals surface area (Å²) in [4.78, 5) is 29.6. The molecule has 0 aromatic carbocycles. The van der Waals surface area contributed by atoms with Crippen molar-refractivity contribution in [3.63, 3.8) is 0 Å². The molecule has 0 bridgehead atoms. The highest BCUT2D eigenvalue weighted by Gasteiger charge is 2.49. The summed E-state index contributed by atoms with van der Waals surface area (Å²) in [6.07, 6.45) is 11.4. The van der Waals surface area contributed by atoms with Gasteiger partial charge in [0, 0.05) is 38.8 Å². The first kappa shape index (κ1) is 16.6. The maximum absolute atomic E-state index is 13.0. The number of aryl methyl sites for hydroxylation is 1. The quantitative estimate of drug-likeness (QED) is 0.858. The molecule has 2 aliphatic heterocycles. The minimum Gasteiger partial charge on any atom is -0.342 e. The molecule has 4 rings (SSSR count). The van der Waals surface area contributed by atoms with Crippen LogP contribution in [0.1, 0.15) is 50.5 Å². The van der Waals surface area contributed by atoms with E-state index in [4.69, 9.17) is 0 Å². The topological polar surface area (TPSA) is 69.3 Å². The molecule has 1 spiro atoms. The van der Waals surface area contributed by atoms with Gasteiger partial charge in [-0.2, -0.15) is 5.10 Å². The maximum atomic E-state index is 13.0. The lowest BCUT2D eigenvalue weighted by molar-refractivity contribution is -0.146. The van der Waals surface area contributed by atoms with Gasteiger partial charge in [0.25, 0.3) is 0 Å². The predicted octanol–water partition coefficient (Wildman–Crippen LogP) is 1.98. The lowest BCUT2D eigenvalue weighted by atomic mass is 9.78. The van der Waals surface area contributed by atoms with Gasteiger partial charge in [0.05, 0.1) is 11.6 Å². The second kappa shape index (κ2) is 6.81. The van der Waals surface area contributed by atoms with E-state index in [1.54, 1.807) is 0 Å². The van der Waals surface area contributed by atoms with Crippen molar-refractivity contribution in [1.82, 2.24) is 20.0 Å². The normalized spacial score (nSPS) is 26.6. The summed E-state index contributed by atoms with van der Waals surface area (Å²) >= 11 is 0. The van der Waals surface area contributed by atoms with Gasteiger partial charge in [-0.15, -0.1) is 0 Å². The highest BCUT2D eigenvalue weighted by Crippen LogP contribution is 2.41. The third-order valence-electron chi connectivity index (χ3n) is 6.12. The van der Waals surface area contributed by atoms with Crippen molar-refractivity contribution in [2.75, 3.05) is 26.2 Å². The molecule has 3 fully saturated rings. The Morgan fingerprint density at radius 1 is 1.32 bits per heavy atom. The molecule has 3 heterocycles. The largest absolute Gasteiger partial charge is 0.342 e. The zero-order valence-electron chi connectivity index (χ0n) is 14.9. The summed E-state index contributed by atoms with van der Waals surface area (Å²) in [7, 11) is 0. The molecule has 1 unspecified atom stereocenters. The Morgan fingerprint density at radius 3 is 2.96 bits per heavy atom. The minimum absolute atomic E-state index is 0.201. The van der Waals surface area contributed by atoms with Gasteiger partial charge in [-0.25, -0.2) is 0 Å². The fourth-order valence-electron chi connectivity index (χ4n) is 4.42. The number of nitrogens with zero attached hydrogens (tertiary/aromatic N) is 3. The number of aromatic amines is 1. The Bertz CT molecular complexity index is 625. The van der Waals surface area contributed by atoms with Crippen LogP contribution in [0.4, 0.5) is 0 Å². The Balaban J connectivity index is 1.30. The van der Waals surface area contributed by atoms with E-state index >= 15 is 0 Å². The van der Waals surface area contributed by atoms with Crippen molar-refractivity contribution in [2.24, 2.45) is 11.3 Å². The number of carbonyl (C=O) groups excluding carboxylic acids is 2. The van der Waals surface area contributed by atoms with Crippen LogP contribution < -0.4 is 0 Å². The van der Waals surface area contributed by atoms with E-state index in [1.807, 2.05) is 17.3 Å². The van der Waals surface area contributed by atoms with Gasteiger partial charge in [-0.3, -0.25) is 14.7 Å². The molecular formula is C19H28N4O2. The predicted molar refractivity (Wildman–Crippen MR) is 93.7 cm³/mol. The van der Waals surface area contributed by atoms with Crippen LogP contribution in [-0.2, 0) is 16.0 Å². The second-order valence-corrected chi connectivity index (χ2v) is 8.10. The number of H-pyrrole nitrogens is 1. The first-order chi connectivity index (χ1) is 12.2. The summed E-state index contributed by atoms with van der Waals surface area (Å²) in [5.74, 6) is 1.26. The standard InChI is InChI=1S/C19H28N4O2/c24-17(4-1-3-16-11-20-21-12-16)23-10-8-19(14-23)7-2-9-22(18(19)25)13-15-5-6-15/h11-12,15H,1-10,13-14H2,(H,20,21). The smallest absolute Gasteiger partial charge is 0.230 e. The van der Waals surface area contributed by atoms with Crippen molar-refractivity contribution in [1.29, 1.82) is 0 Å². The summed E-state index contributed by atoms with van der Waals surface area (Å²) < 4.78 is 0. The van der Waals surface area contributed by atoms with Crippen LogP contribution in [0.5, 0.6) is 0 Å². The van der Waals surface area contributed by atoms with E-state index in [0.717, 1.165) is 63.2 Å². The average Bonchev–Trinajstić information content (AvgIpc) is 3.10. The van der Waals surface area contributed by atoms with Crippen LogP contribution in [0.3, 0.4) is 0 Å². The lowest BCUT2D eigenvalue weighted by Crippen LogP contribution is -2.50. The molecule has 0 radical (unpaired) electrons. The Morgan fingerprint density at radius 2 is 2.20 bits per heavy atom. The SMILES string of the molecule is O=C(CCCc1cn[nH]c1)N1CCC2(CCCN(CC3CC3)C2=O)C1. The van der Waals surface area contributed by atoms with Crippen molar-refractivity contribution >= 4 is 11.8 Å². The number of nitrogens with one attached hydrogen (secondary N) is 1. The van der Waals surface area contributed by atoms with Gasteiger partial charge in [0.1, 0.15) is 0 Å². The van der Waals surface area contributed by atoms with Crippen LogP contribution in [0, 0.1) is 11.3 Å². The molecule has 6 heteroatoms. The van der Waals surface area contributed by atoms with E-state index in [-0.39, 0.29) is 11.3 Å². The number of carbonyl (C=O) groups is 2. The van der Waals surface area contributed by atoms with Crippen LogP contribution in [0.15, 0.2) is 12.4 Å². The Hall–Kier alpha value is -1.85. The van der Waals surface area contributed by atoms with Gasteiger partial charge in [-0.1, -0.05) is 0 Å². The summed E-state index contributed by atoms with van der Waals surface area (Å²) in [6, 6.07) is 0. The summed E-state index contributed by atoms with van der Waals surface area (Å²) in [6.45, 7) is 3.24. The van der Waals surface area contributed by atoms with Crippen molar-refractivity contribution in [3.8, 4) is 0 Å². The van der Waals surface area contributed by atoms with Gasteiger partial charge >= 0.3 is 0 Å². The van der Waals surface area contributed by atoms with E-state index in [0.29, 0.717) is 18.9 Å². The highest BCUT2D eigenvalue weighted by molar-refractivity contribution is 5.86. The molecule has 25 heavy (non-hydrogen) atoms. The van der Waals surface area contributed by atoms with Crippen LogP contribution >= 0.6 is 0 Å². The number of aromatic nitrogens is 2. The molecule has 136 valence electrons. The number of likely N-dealkylation sites (tertiary alicyclic amines) is 2. The molecule has 1 N–H and O–H groups in total. The number of hydrogen-bond donors (Lipinski definition) is 1. The fourth-order valence-corrected chi connectivity index (χ4v) is 4.42. The minimum atomic E-state index is -0.284. The first-order valence-corrected chi connectivity index (χ1v) is 9.71. The monoisotopic (exact) mass is 344 g/mol. The maximum Gasteiger partial charge on any atom is 0.230 e. The second-order valence-electron chi connectivity index (χ2n) is 8.10. The molecule has 6 nitrogen and oxygen atoms in total. The summed E-state index contributed by atoms with van der Waals surface area (Å²) in [5.41, 5.74) is 0.858. The highest BCUT2D eigenvalue weighted by atomic mass is 16.2. The van der Waals surface area contributed by atoms with E-state index in [9.17, 15) is 9.59 Å². The van der Waals surface area contributed by atoms with Gasteiger partial charge in [0.15, 0.2) is 0 Å². The van der Waals surface area contributed by atoms with Gasteiger partial charge in [0.2, 0.25) is 11.8 Å². The third kappa shape index (κ3) is 3.58. The Kier molecular flexibility index (Phi) is 4.52. The molecule has 3 aliphatic rings. The zero-order chi connectivity index (χ0) is 17.3. The van der Waals surface area contributed by atoms with Crippen molar-refractivity contribution in [2.45, 2.75) is 51.4 Å². The van der Waals surface area contributed by atoms with Crippen molar-refractivity contribution < 1.29 is 9.59 Å². The molecule has 1 aromatic rings. The Labute approximate surface area is 148 Å².